The molecule has 1 aliphatic heterocycles. The van der Waals surface area contributed by atoms with Crippen LogP contribution in [0.3, 0.4) is 0 Å². The molecule has 1 fully saturated rings. The monoisotopic (exact) mass is 663 g/mol. The minimum Gasteiger partial charge on any atom is -0.444 e. The lowest BCUT2D eigenvalue weighted by molar-refractivity contribution is -0.123. The number of hydrogen-bond donors (Lipinski definition) is 2. The van der Waals surface area contributed by atoms with E-state index in [1.165, 1.54) is 0 Å². The lowest BCUT2D eigenvalue weighted by Crippen LogP contribution is -2.44. The van der Waals surface area contributed by atoms with E-state index in [2.05, 4.69) is 23.7 Å². The Bertz CT molecular complexity index is 1570. The first-order valence-electron chi connectivity index (χ1n) is 15.5. The fraction of sp³-hybridized carbons (Fsp3) is 0.429. The molecule has 1 aromatic heterocycles. The second-order valence-corrected chi connectivity index (χ2v) is 20.5. The summed E-state index contributed by atoms with van der Waals surface area (Å²) in [6.45, 7) is 15.2. The zero-order chi connectivity index (χ0) is 33.9. The summed E-state index contributed by atoms with van der Waals surface area (Å²) in [4.78, 5) is 54.7. The zero-order valence-electron chi connectivity index (χ0n) is 28.0. The summed E-state index contributed by atoms with van der Waals surface area (Å²) < 4.78 is 11.0. The third-order valence-corrected chi connectivity index (χ3v) is 10.9. The van der Waals surface area contributed by atoms with Gasteiger partial charge in [0, 0.05) is 23.0 Å². The summed E-state index contributed by atoms with van der Waals surface area (Å²) in [5.74, 6) is -0.314. The Morgan fingerprint density at radius 2 is 1.57 bits per heavy atom. The Kier molecular flexibility index (Phi) is 10.5. The van der Waals surface area contributed by atoms with Crippen LogP contribution < -0.4 is 10.6 Å². The topological polar surface area (TPSA) is 114 Å². The quantitative estimate of drug-likeness (QED) is 0.234. The first kappa shape index (κ1) is 34.9. The molecular weight excluding hydrogens is 619 g/mol. The van der Waals surface area contributed by atoms with Gasteiger partial charge in [0.25, 0.3) is 5.91 Å². The van der Waals surface area contributed by atoms with E-state index in [0.29, 0.717) is 29.5 Å². The maximum Gasteiger partial charge on any atom is 0.412 e. The normalized spacial score (nSPS) is 16.1. The number of benzene rings is 2. The van der Waals surface area contributed by atoms with E-state index in [1.807, 2.05) is 62.5 Å². The van der Waals surface area contributed by atoms with Crippen molar-refractivity contribution in [1.82, 2.24) is 4.90 Å². The molecule has 0 aliphatic carbocycles. The molecule has 3 amide bonds. The van der Waals surface area contributed by atoms with E-state index < -0.39 is 37.5 Å². The number of thiophene rings is 1. The van der Waals surface area contributed by atoms with Crippen LogP contribution in [0.1, 0.15) is 63.9 Å². The number of aryl methyl sites for hydroxylation is 1. The average molecular weight is 664 g/mol. The maximum atomic E-state index is 13.3. The second-order valence-electron chi connectivity index (χ2n) is 14.5. The predicted molar refractivity (Wildman–Crippen MR) is 186 cm³/mol. The third-order valence-electron chi connectivity index (χ3n) is 7.31. The summed E-state index contributed by atoms with van der Waals surface area (Å²) >= 11 is 1.57. The smallest absolute Gasteiger partial charge is 0.412 e. The van der Waals surface area contributed by atoms with E-state index in [0.717, 1.165) is 22.0 Å². The number of ether oxygens (including phenoxy) is 2. The maximum absolute atomic E-state index is 13.3. The van der Waals surface area contributed by atoms with E-state index in [9.17, 15) is 19.2 Å². The van der Waals surface area contributed by atoms with Crippen molar-refractivity contribution < 1.29 is 28.7 Å². The Hall–Kier alpha value is -3.96. The van der Waals surface area contributed by atoms with Crippen molar-refractivity contribution in [3.8, 4) is 10.4 Å². The highest BCUT2D eigenvalue weighted by molar-refractivity contribution is 7.13. The first-order chi connectivity index (χ1) is 21.4. The Morgan fingerprint density at radius 3 is 2.17 bits per heavy atom. The zero-order valence-corrected chi connectivity index (χ0v) is 29.8. The number of Topliss-reactive ketones (excluding diaryl/α,β-unsaturated/α-hetero) is 1. The van der Waals surface area contributed by atoms with E-state index in [1.54, 1.807) is 55.2 Å². The van der Waals surface area contributed by atoms with Crippen LogP contribution in [0.5, 0.6) is 0 Å². The summed E-state index contributed by atoms with van der Waals surface area (Å²) in [7, 11) is -1.74. The van der Waals surface area contributed by atoms with Crippen molar-refractivity contribution in [3.05, 3.63) is 71.1 Å². The fourth-order valence-corrected chi connectivity index (χ4v) is 8.91. The number of hydrogen-bond acceptors (Lipinski definition) is 7. The molecule has 9 nitrogen and oxygen atoms in total. The van der Waals surface area contributed by atoms with Gasteiger partial charge in [-0.25, -0.2) is 9.59 Å². The van der Waals surface area contributed by atoms with E-state index in [-0.39, 0.29) is 18.1 Å². The lowest BCUT2D eigenvalue weighted by atomic mass is 10.0. The van der Waals surface area contributed by atoms with Gasteiger partial charge in [0.05, 0.1) is 25.5 Å². The number of rotatable bonds is 8. The van der Waals surface area contributed by atoms with Crippen molar-refractivity contribution in [2.45, 2.75) is 90.8 Å². The van der Waals surface area contributed by atoms with Gasteiger partial charge in [-0.15, -0.1) is 11.3 Å². The molecule has 4 rings (SSSR count). The van der Waals surface area contributed by atoms with Gasteiger partial charge in [-0.2, -0.15) is 0 Å². The Morgan fingerprint density at radius 1 is 0.891 bits per heavy atom. The van der Waals surface area contributed by atoms with Crippen LogP contribution in [0, 0.1) is 0 Å². The Labute approximate surface area is 276 Å². The molecular formula is C35H45N3O6SSi. The molecule has 2 heterocycles. The highest BCUT2D eigenvalue weighted by atomic mass is 32.1. The number of anilines is 2. The van der Waals surface area contributed by atoms with Crippen molar-refractivity contribution in [2.24, 2.45) is 0 Å². The van der Waals surface area contributed by atoms with Gasteiger partial charge in [0.1, 0.15) is 11.2 Å². The molecule has 46 heavy (non-hydrogen) atoms. The van der Waals surface area contributed by atoms with Crippen molar-refractivity contribution in [3.63, 3.8) is 0 Å². The molecule has 2 aromatic carbocycles. The summed E-state index contributed by atoms with van der Waals surface area (Å²) in [6, 6.07) is 16.8. The molecule has 2 N–H and O–H groups in total. The highest BCUT2D eigenvalue weighted by Gasteiger charge is 2.45. The van der Waals surface area contributed by atoms with Crippen LogP contribution in [-0.4, -0.2) is 60.3 Å². The molecule has 0 spiro atoms. The van der Waals surface area contributed by atoms with Crippen molar-refractivity contribution >= 4 is 54.7 Å². The van der Waals surface area contributed by atoms with Crippen LogP contribution in [-0.2, 0) is 20.7 Å². The third kappa shape index (κ3) is 9.77. The number of ketones is 1. The summed E-state index contributed by atoms with van der Waals surface area (Å²) in [5.41, 5.74) is 1.79. The van der Waals surface area contributed by atoms with Crippen molar-refractivity contribution in [1.29, 1.82) is 0 Å². The van der Waals surface area contributed by atoms with Crippen LogP contribution in [0.15, 0.2) is 60.0 Å². The van der Waals surface area contributed by atoms with Crippen LogP contribution in [0.25, 0.3) is 10.4 Å². The van der Waals surface area contributed by atoms with Crippen LogP contribution in [0.4, 0.5) is 21.0 Å². The first-order valence-corrected chi connectivity index (χ1v) is 19.8. The predicted octanol–water partition coefficient (Wildman–Crippen LogP) is 8.38. The summed E-state index contributed by atoms with van der Waals surface area (Å²) in [5, 5.41) is 7.66. The van der Waals surface area contributed by atoms with Crippen molar-refractivity contribution in [2.75, 3.05) is 16.8 Å². The molecule has 3 aromatic rings. The SMILES string of the molecule is CC(C)(C)OC(=O)Nc1ccc(-c2cccs2)cc1NC(=O)c1ccc(CCC(=O)[C@@H]2C[Si](C)(C)CN2C(=O)OC(C)(C)C)cc1. The minimum absolute atomic E-state index is 0.0291. The van der Waals surface area contributed by atoms with Crippen LogP contribution in [0.2, 0.25) is 19.1 Å². The number of carbonyl (C=O) groups is 4. The van der Waals surface area contributed by atoms with Gasteiger partial charge in [0.2, 0.25) is 0 Å². The molecule has 1 saturated heterocycles. The number of nitrogens with one attached hydrogen (secondary N) is 2. The average Bonchev–Trinajstić information content (AvgIpc) is 3.59. The largest absolute Gasteiger partial charge is 0.444 e. The Balaban J connectivity index is 1.43. The minimum atomic E-state index is -1.74. The van der Waals surface area contributed by atoms with Gasteiger partial charge in [-0.1, -0.05) is 37.4 Å². The molecule has 1 aliphatic rings. The molecule has 0 saturated carbocycles. The molecule has 1 atom stereocenters. The van der Waals surface area contributed by atoms with Crippen LogP contribution >= 0.6 is 11.3 Å². The van der Waals surface area contributed by atoms with Gasteiger partial charge in [-0.05, 0) is 101 Å². The molecule has 246 valence electrons. The molecule has 0 bridgehead atoms. The van der Waals surface area contributed by atoms with Gasteiger partial charge < -0.3 is 19.7 Å². The second kappa shape index (κ2) is 13.8. The molecule has 0 unspecified atom stereocenters. The molecule has 0 radical (unpaired) electrons. The number of carbonyl (C=O) groups excluding carboxylic acids is 4. The summed E-state index contributed by atoms with van der Waals surface area (Å²) in [6.07, 6.45) is 0.338. The van der Waals surface area contributed by atoms with E-state index in [4.69, 9.17) is 9.47 Å². The molecule has 11 heteroatoms. The van der Waals surface area contributed by atoms with Gasteiger partial charge in [-0.3, -0.25) is 14.9 Å². The van der Waals surface area contributed by atoms with E-state index >= 15 is 0 Å². The number of nitrogens with zero attached hydrogens (tertiary/aromatic N) is 1. The standard InChI is InChI=1S/C35H45N3O6SSi/c1-34(2,3)43-32(41)37-26-17-16-25(30-10-9-19-45-30)20-27(26)36-31(40)24-14-11-23(12-15-24)13-18-29(39)28-21-46(7,8)22-38(28)33(42)44-35(4,5)6/h9-12,14-17,19-20,28H,13,18,21-22H2,1-8H3,(H,36,40)(H,37,41)/t28-/m0/s1. The number of amides is 3. The fourth-order valence-electron chi connectivity index (χ4n) is 5.29. The lowest BCUT2D eigenvalue weighted by Gasteiger charge is -2.28. The highest BCUT2D eigenvalue weighted by Crippen LogP contribution is 2.33. The van der Waals surface area contributed by atoms with Gasteiger partial charge >= 0.3 is 12.2 Å². The van der Waals surface area contributed by atoms with Gasteiger partial charge in [0.15, 0.2) is 5.78 Å².